The molecule has 3 saturated heterocycles. The quantitative estimate of drug-likeness (QED) is 0.439. The van der Waals surface area contributed by atoms with Crippen LogP contribution >= 0.6 is 11.8 Å². The van der Waals surface area contributed by atoms with Gasteiger partial charge >= 0.3 is 0 Å². The number of hydrogen-bond acceptors (Lipinski definition) is 5. The van der Waals surface area contributed by atoms with Crippen LogP contribution in [-0.4, -0.2) is 56.9 Å². The Balaban J connectivity index is 1.42. The molecule has 3 aliphatic rings. The number of likely N-dealkylation sites (tertiary alicyclic amines) is 1. The second kappa shape index (κ2) is 10.5. The van der Waals surface area contributed by atoms with Gasteiger partial charge in [-0.2, -0.15) is 0 Å². The summed E-state index contributed by atoms with van der Waals surface area (Å²) >= 11 is 1.68. The molecule has 0 aliphatic carbocycles. The van der Waals surface area contributed by atoms with E-state index in [0.717, 1.165) is 35.2 Å². The van der Waals surface area contributed by atoms with Crippen LogP contribution in [0.5, 0.6) is 0 Å². The number of amides is 3. The Labute approximate surface area is 222 Å². The number of benzene rings is 2. The fraction of sp³-hybridized carbons (Fsp3) is 0.483. The van der Waals surface area contributed by atoms with E-state index >= 15 is 0 Å². The van der Waals surface area contributed by atoms with Gasteiger partial charge in [-0.1, -0.05) is 42.5 Å². The first-order chi connectivity index (χ1) is 17.9. The van der Waals surface area contributed by atoms with Crippen LogP contribution < -0.4 is 10.6 Å². The molecule has 2 bridgehead atoms. The van der Waals surface area contributed by atoms with Gasteiger partial charge < -0.3 is 20.6 Å². The van der Waals surface area contributed by atoms with Gasteiger partial charge in [0.05, 0.1) is 16.6 Å². The molecule has 0 radical (unpaired) electrons. The molecule has 2 unspecified atom stereocenters. The van der Waals surface area contributed by atoms with Crippen LogP contribution in [0.25, 0.3) is 0 Å². The fourth-order valence-corrected chi connectivity index (χ4v) is 8.58. The largest absolute Gasteiger partial charge is 0.396 e. The van der Waals surface area contributed by atoms with Crippen molar-refractivity contribution in [1.82, 2.24) is 10.2 Å². The van der Waals surface area contributed by atoms with E-state index in [1.807, 2.05) is 62.4 Å². The molecule has 1 spiro atoms. The lowest BCUT2D eigenvalue weighted by Gasteiger charge is -2.34. The van der Waals surface area contributed by atoms with E-state index in [1.54, 1.807) is 16.7 Å². The number of hydrogen-bond donors (Lipinski definition) is 3. The Morgan fingerprint density at radius 1 is 1.11 bits per heavy atom. The molecule has 3 N–H and O–H groups in total. The van der Waals surface area contributed by atoms with Gasteiger partial charge in [0.15, 0.2) is 0 Å². The number of unbranched alkanes of at least 4 members (excludes halogenated alkanes) is 1. The third kappa shape index (κ3) is 4.66. The summed E-state index contributed by atoms with van der Waals surface area (Å²) in [5.74, 6) is -1.36. The van der Waals surface area contributed by atoms with Crippen molar-refractivity contribution in [3.8, 4) is 0 Å². The molecule has 0 aromatic heterocycles. The number of rotatable bonds is 9. The summed E-state index contributed by atoms with van der Waals surface area (Å²) in [6.07, 6.45) is 2.72. The number of fused-ring (bicyclic) bond motifs is 1. The number of aryl methyl sites for hydroxylation is 2. The Bertz CT molecular complexity index is 1190. The van der Waals surface area contributed by atoms with Crippen LogP contribution in [0.2, 0.25) is 0 Å². The highest BCUT2D eigenvalue weighted by molar-refractivity contribution is 8.02. The smallest absolute Gasteiger partial charge is 0.248 e. The maximum Gasteiger partial charge on any atom is 0.248 e. The molecule has 2 aromatic rings. The highest BCUT2D eigenvalue weighted by atomic mass is 32.2. The normalized spacial score (nSPS) is 27.9. The predicted octanol–water partition coefficient (Wildman–Crippen LogP) is 3.42. The molecule has 0 saturated carbocycles. The van der Waals surface area contributed by atoms with Crippen LogP contribution in [0.1, 0.15) is 42.4 Å². The van der Waals surface area contributed by atoms with Crippen molar-refractivity contribution in [3.63, 3.8) is 0 Å². The molecule has 3 aliphatic heterocycles. The second-order valence-electron chi connectivity index (χ2n) is 10.5. The fourth-order valence-electron chi connectivity index (χ4n) is 6.36. The predicted molar refractivity (Wildman–Crippen MR) is 145 cm³/mol. The van der Waals surface area contributed by atoms with Crippen LogP contribution in [0.4, 0.5) is 5.69 Å². The van der Waals surface area contributed by atoms with Crippen LogP contribution in [0, 0.1) is 25.7 Å². The molecule has 3 heterocycles. The van der Waals surface area contributed by atoms with E-state index in [-0.39, 0.29) is 29.6 Å². The van der Waals surface area contributed by atoms with Gasteiger partial charge in [-0.3, -0.25) is 14.4 Å². The number of thioether (sulfide) groups is 1. The number of nitrogens with one attached hydrogen (secondary N) is 2. The van der Waals surface area contributed by atoms with Crippen molar-refractivity contribution in [3.05, 3.63) is 65.2 Å². The number of carbonyl (C=O) groups is 3. The average molecular weight is 522 g/mol. The van der Waals surface area contributed by atoms with E-state index < -0.39 is 22.6 Å². The van der Waals surface area contributed by atoms with Crippen molar-refractivity contribution >= 4 is 35.2 Å². The zero-order valence-electron chi connectivity index (χ0n) is 21.4. The highest BCUT2D eigenvalue weighted by Crippen LogP contribution is 2.66. The molecule has 37 heavy (non-hydrogen) atoms. The van der Waals surface area contributed by atoms with Crippen molar-refractivity contribution < 1.29 is 19.5 Å². The Morgan fingerprint density at radius 3 is 2.65 bits per heavy atom. The van der Waals surface area contributed by atoms with Crippen molar-refractivity contribution in [1.29, 1.82) is 0 Å². The molecule has 5 rings (SSSR count). The van der Waals surface area contributed by atoms with E-state index in [9.17, 15) is 19.5 Å². The lowest BCUT2D eigenvalue weighted by Crippen LogP contribution is -2.52. The van der Waals surface area contributed by atoms with E-state index in [1.165, 1.54) is 0 Å². The van der Waals surface area contributed by atoms with Crippen molar-refractivity contribution in [2.45, 2.75) is 62.1 Å². The summed E-state index contributed by atoms with van der Waals surface area (Å²) in [5.41, 5.74) is 3.77. The molecule has 3 fully saturated rings. The van der Waals surface area contributed by atoms with Gasteiger partial charge in [-0.05, 0) is 62.3 Å². The van der Waals surface area contributed by atoms with Crippen LogP contribution in [-0.2, 0) is 20.9 Å². The first-order valence-electron chi connectivity index (χ1n) is 13.1. The average Bonchev–Trinajstić information content (AvgIpc) is 3.53. The number of carbonyl (C=O) groups excluding carboxylic acids is 3. The zero-order chi connectivity index (χ0) is 26.2. The minimum absolute atomic E-state index is 0.0281. The number of anilines is 1. The summed E-state index contributed by atoms with van der Waals surface area (Å²) < 4.78 is -0.614. The first kappa shape index (κ1) is 25.8. The number of nitrogens with zero attached hydrogens (tertiary/aromatic N) is 1. The van der Waals surface area contributed by atoms with Crippen LogP contribution in [0.3, 0.4) is 0 Å². The van der Waals surface area contributed by atoms with Gasteiger partial charge in [0.1, 0.15) is 6.04 Å². The van der Waals surface area contributed by atoms with Gasteiger partial charge in [0, 0.05) is 30.6 Å². The minimum atomic E-state index is -0.648. The van der Waals surface area contributed by atoms with E-state index in [0.29, 0.717) is 25.9 Å². The Morgan fingerprint density at radius 2 is 1.89 bits per heavy atom. The molecule has 3 amide bonds. The van der Waals surface area contributed by atoms with E-state index in [2.05, 4.69) is 10.6 Å². The third-order valence-corrected chi connectivity index (χ3v) is 10.1. The maximum atomic E-state index is 13.9. The minimum Gasteiger partial charge on any atom is -0.396 e. The number of aliphatic hydroxyl groups is 1. The summed E-state index contributed by atoms with van der Waals surface area (Å²) in [6.45, 7) is 4.79. The van der Waals surface area contributed by atoms with Gasteiger partial charge in [-0.25, -0.2) is 0 Å². The molecule has 5 atom stereocenters. The topological polar surface area (TPSA) is 98.7 Å². The first-order valence-corrected chi connectivity index (χ1v) is 14.0. The highest BCUT2D eigenvalue weighted by Gasteiger charge is 2.73. The molecule has 8 heteroatoms. The molecular weight excluding hydrogens is 486 g/mol. The maximum absolute atomic E-state index is 13.9. The number of aliphatic hydroxyl groups excluding tert-OH is 1. The van der Waals surface area contributed by atoms with Crippen molar-refractivity contribution in [2.24, 2.45) is 11.8 Å². The summed E-state index contributed by atoms with van der Waals surface area (Å²) in [4.78, 5) is 43.0. The second-order valence-corrected chi connectivity index (χ2v) is 12.1. The van der Waals surface area contributed by atoms with Gasteiger partial charge in [-0.15, -0.1) is 11.8 Å². The standard InChI is InChI=1S/C29H35N3O4S/c1-18-10-11-19(2)21(16-18)31-27(35)25-29-13-12-22(37-29)23(24(29)28(36)32(25)14-6-7-15-33)26(34)30-17-20-8-4-3-5-9-20/h3-5,8-11,16,22-25,33H,6-7,12-15,17H2,1-2H3,(H,30,34)(H,31,35)/t22-,23+,24-,25?,29?/m0/s1. The van der Waals surface area contributed by atoms with Crippen molar-refractivity contribution in [2.75, 3.05) is 18.5 Å². The third-order valence-electron chi connectivity index (χ3n) is 8.12. The lowest BCUT2D eigenvalue weighted by atomic mass is 9.70. The summed E-state index contributed by atoms with van der Waals surface area (Å²) in [6, 6.07) is 15.0. The molecule has 196 valence electrons. The zero-order valence-corrected chi connectivity index (χ0v) is 22.2. The van der Waals surface area contributed by atoms with Gasteiger partial charge in [0.2, 0.25) is 17.7 Å². The Kier molecular flexibility index (Phi) is 7.32. The lowest BCUT2D eigenvalue weighted by molar-refractivity contribution is -0.139. The molecular formula is C29H35N3O4S. The molecule has 2 aromatic carbocycles. The Hall–Kier alpha value is -2.84. The summed E-state index contributed by atoms with van der Waals surface area (Å²) in [5, 5.41) is 15.5. The van der Waals surface area contributed by atoms with Crippen LogP contribution in [0.15, 0.2) is 48.5 Å². The molecule has 7 nitrogen and oxygen atoms in total. The summed E-state index contributed by atoms with van der Waals surface area (Å²) in [7, 11) is 0. The monoisotopic (exact) mass is 521 g/mol. The SMILES string of the molecule is Cc1ccc(C)c(NC(=O)C2N(CCCCO)C(=O)[C@@H]3[C@H](C(=O)NCc4ccccc4)[C@@H]4CCC23S4)c1. The van der Waals surface area contributed by atoms with E-state index in [4.69, 9.17) is 0 Å². The van der Waals surface area contributed by atoms with Gasteiger partial charge in [0.25, 0.3) is 0 Å².